The van der Waals surface area contributed by atoms with Gasteiger partial charge in [-0.3, -0.25) is 9.67 Å². The first kappa shape index (κ1) is 20.9. The summed E-state index contributed by atoms with van der Waals surface area (Å²) in [5.74, 6) is -0.407. The zero-order valence-corrected chi connectivity index (χ0v) is 16.7. The van der Waals surface area contributed by atoms with Gasteiger partial charge in [-0.15, -0.1) is 0 Å². The van der Waals surface area contributed by atoms with Gasteiger partial charge in [0.15, 0.2) is 5.96 Å². The van der Waals surface area contributed by atoms with Crippen molar-refractivity contribution in [2.45, 2.75) is 46.6 Å². The van der Waals surface area contributed by atoms with E-state index in [-0.39, 0.29) is 6.04 Å². The molecule has 0 fully saturated rings. The Kier molecular flexibility index (Phi) is 7.33. The van der Waals surface area contributed by atoms with Crippen molar-refractivity contribution >= 4 is 5.96 Å². The van der Waals surface area contributed by atoms with Crippen molar-refractivity contribution < 1.29 is 8.78 Å². The molecule has 0 bridgehead atoms. The molecule has 1 aromatic carbocycles. The van der Waals surface area contributed by atoms with E-state index in [0.29, 0.717) is 24.5 Å². The van der Waals surface area contributed by atoms with Crippen LogP contribution in [0.5, 0.6) is 0 Å². The fraction of sp³-hybridized carbons (Fsp3) is 0.500. The first-order valence-corrected chi connectivity index (χ1v) is 9.29. The molecule has 0 spiro atoms. The van der Waals surface area contributed by atoms with Crippen LogP contribution in [0.15, 0.2) is 23.2 Å². The van der Waals surface area contributed by atoms with Crippen LogP contribution in [-0.2, 0) is 19.9 Å². The van der Waals surface area contributed by atoms with Crippen LogP contribution in [-0.4, -0.2) is 34.9 Å². The van der Waals surface area contributed by atoms with Gasteiger partial charge in [-0.25, -0.2) is 8.78 Å². The summed E-state index contributed by atoms with van der Waals surface area (Å²) in [5, 5.41) is 11.1. The van der Waals surface area contributed by atoms with E-state index in [2.05, 4.69) is 34.6 Å². The van der Waals surface area contributed by atoms with Crippen LogP contribution < -0.4 is 10.6 Å². The van der Waals surface area contributed by atoms with Crippen molar-refractivity contribution in [3.05, 3.63) is 52.3 Å². The summed E-state index contributed by atoms with van der Waals surface area (Å²) in [5.41, 5.74) is 3.90. The quantitative estimate of drug-likeness (QED) is 0.576. The number of rotatable bonds is 7. The fourth-order valence-corrected chi connectivity index (χ4v) is 3.04. The van der Waals surface area contributed by atoms with Crippen LogP contribution in [0.3, 0.4) is 0 Å². The summed E-state index contributed by atoms with van der Waals surface area (Å²) in [6, 6.07) is 3.80. The van der Waals surface area contributed by atoms with E-state index in [0.717, 1.165) is 30.4 Å². The smallest absolute Gasteiger partial charge is 0.191 e. The van der Waals surface area contributed by atoms with Crippen molar-refractivity contribution in [3.63, 3.8) is 0 Å². The number of benzene rings is 1. The highest BCUT2D eigenvalue weighted by Crippen LogP contribution is 2.14. The molecule has 1 heterocycles. The highest BCUT2D eigenvalue weighted by molar-refractivity contribution is 5.80. The van der Waals surface area contributed by atoms with Gasteiger partial charge in [0.1, 0.15) is 11.6 Å². The second kappa shape index (κ2) is 9.48. The van der Waals surface area contributed by atoms with Crippen molar-refractivity contribution in [2.75, 3.05) is 13.1 Å². The van der Waals surface area contributed by atoms with E-state index in [1.165, 1.54) is 17.7 Å². The van der Waals surface area contributed by atoms with Gasteiger partial charge in [0.2, 0.25) is 0 Å². The molecule has 0 aliphatic carbocycles. The summed E-state index contributed by atoms with van der Waals surface area (Å²) in [7, 11) is 1.95. The predicted octanol–water partition coefficient (Wildman–Crippen LogP) is 3.04. The lowest BCUT2D eigenvalue weighted by atomic mass is 10.1. The number of aromatic nitrogens is 2. The molecule has 1 aromatic heterocycles. The molecule has 1 unspecified atom stereocenters. The van der Waals surface area contributed by atoms with Crippen LogP contribution in [0.1, 0.15) is 36.4 Å². The Labute approximate surface area is 159 Å². The third kappa shape index (κ3) is 5.77. The van der Waals surface area contributed by atoms with Gasteiger partial charge in [0, 0.05) is 37.9 Å². The highest BCUT2D eigenvalue weighted by atomic mass is 19.1. The van der Waals surface area contributed by atoms with Crippen LogP contribution in [0.4, 0.5) is 8.78 Å². The number of nitrogens with one attached hydrogen (secondary N) is 2. The molecule has 0 aliphatic heterocycles. The van der Waals surface area contributed by atoms with Crippen molar-refractivity contribution in [1.82, 2.24) is 20.4 Å². The average molecular weight is 377 g/mol. The number of guanidine groups is 1. The zero-order chi connectivity index (χ0) is 20.0. The lowest BCUT2D eigenvalue weighted by Crippen LogP contribution is -2.43. The lowest BCUT2D eigenvalue weighted by Gasteiger charge is -2.18. The van der Waals surface area contributed by atoms with Gasteiger partial charge in [-0.05, 0) is 57.7 Å². The van der Waals surface area contributed by atoms with E-state index in [9.17, 15) is 8.78 Å². The molecule has 2 rings (SSSR count). The second-order valence-electron chi connectivity index (χ2n) is 6.77. The molecule has 5 nitrogen and oxygen atoms in total. The van der Waals surface area contributed by atoms with Crippen LogP contribution >= 0.6 is 0 Å². The number of nitrogens with zero attached hydrogens (tertiary/aromatic N) is 3. The monoisotopic (exact) mass is 377 g/mol. The molecular weight excluding hydrogens is 348 g/mol. The molecule has 0 saturated heterocycles. The molecule has 2 N–H and O–H groups in total. The summed E-state index contributed by atoms with van der Waals surface area (Å²) >= 11 is 0. The van der Waals surface area contributed by atoms with Gasteiger partial charge in [0.25, 0.3) is 0 Å². The van der Waals surface area contributed by atoms with Gasteiger partial charge < -0.3 is 10.6 Å². The molecule has 148 valence electrons. The minimum atomic E-state index is -0.565. The summed E-state index contributed by atoms with van der Waals surface area (Å²) in [4.78, 5) is 4.52. The molecule has 1 atom stereocenters. The number of hydrogen-bond acceptors (Lipinski definition) is 2. The average Bonchev–Trinajstić information content (AvgIpc) is 2.83. The van der Waals surface area contributed by atoms with Gasteiger partial charge in [-0.1, -0.05) is 6.07 Å². The molecule has 0 amide bonds. The van der Waals surface area contributed by atoms with Crippen molar-refractivity contribution in [1.29, 1.82) is 0 Å². The number of aryl methyl sites for hydroxylation is 2. The summed E-state index contributed by atoms with van der Waals surface area (Å²) < 4.78 is 28.6. The fourth-order valence-electron chi connectivity index (χ4n) is 3.04. The van der Waals surface area contributed by atoms with Gasteiger partial charge in [-0.2, -0.15) is 5.10 Å². The van der Waals surface area contributed by atoms with Crippen molar-refractivity contribution in [3.8, 4) is 0 Å². The molecular formula is C20H29F2N5. The Balaban J connectivity index is 1.97. The standard InChI is InChI=1S/C20H29F2N5/c1-6-23-20(24-10-9-16-7-8-17(21)12-19(16)22)25-13(2)11-18-14(3)26-27(5)15(18)4/h7-8,12-13H,6,9-11H2,1-5H3,(H2,23,24,25). The Bertz CT molecular complexity index is 798. The Morgan fingerprint density at radius 3 is 2.63 bits per heavy atom. The normalized spacial score (nSPS) is 12.9. The van der Waals surface area contributed by atoms with Crippen LogP contribution in [0.2, 0.25) is 0 Å². The van der Waals surface area contributed by atoms with E-state index in [1.807, 2.05) is 25.6 Å². The minimum absolute atomic E-state index is 0.159. The first-order chi connectivity index (χ1) is 12.8. The van der Waals surface area contributed by atoms with Crippen molar-refractivity contribution in [2.24, 2.45) is 12.0 Å². The molecule has 27 heavy (non-hydrogen) atoms. The highest BCUT2D eigenvalue weighted by Gasteiger charge is 2.14. The van der Waals surface area contributed by atoms with E-state index in [1.54, 1.807) is 0 Å². The van der Waals surface area contributed by atoms with E-state index in [4.69, 9.17) is 0 Å². The second-order valence-corrected chi connectivity index (χ2v) is 6.77. The number of hydrogen-bond donors (Lipinski definition) is 2. The maximum Gasteiger partial charge on any atom is 0.191 e. The zero-order valence-electron chi connectivity index (χ0n) is 16.7. The largest absolute Gasteiger partial charge is 0.357 e. The van der Waals surface area contributed by atoms with Crippen LogP contribution in [0, 0.1) is 25.5 Å². The Hall–Kier alpha value is -2.44. The topological polar surface area (TPSA) is 54.2 Å². The minimum Gasteiger partial charge on any atom is -0.357 e. The third-order valence-electron chi connectivity index (χ3n) is 4.56. The third-order valence-corrected chi connectivity index (χ3v) is 4.56. The summed E-state index contributed by atoms with van der Waals surface area (Å²) in [6.07, 6.45) is 1.25. The molecule has 0 radical (unpaired) electrons. The maximum atomic E-state index is 13.7. The lowest BCUT2D eigenvalue weighted by molar-refractivity contribution is 0.571. The Morgan fingerprint density at radius 2 is 2.04 bits per heavy atom. The first-order valence-electron chi connectivity index (χ1n) is 9.29. The molecule has 7 heteroatoms. The van der Waals surface area contributed by atoms with E-state index < -0.39 is 11.6 Å². The number of halogens is 2. The SMILES string of the molecule is CCNC(=NCCc1ccc(F)cc1F)NC(C)Cc1c(C)nn(C)c1C. The molecule has 0 saturated carbocycles. The molecule has 2 aromatic rings. The summed E-state index contributed by atoms with van der Waals surface area (Å²) in [6.45, 7) is 9.32. The number of aliphatic imine (C=N–C) groups is 1. The van der Waals surface area contributed by atoms with Crippen LogP contribution in [0.25, 0.3) is 0 Å². The Morgan fingerprint density at radius 1 is 1.30 bits per heavy atom. The van der Waals surface area contributed by atoms with Gasteiger partial charge >= 0.3 is 0 Å². The predicted molar refractivity (Wildman–Crippen MR) is 105 cm³/mol. The maximum absolute atomic E-state index is 13.7. The van der Waals surface area contributed by atoms with E-state index >= 15 is 0 Å². The molecule has 0 aliphatic rings. The van der Waals surface area contributed by atoms with Gasteiger partial charge in [0.05, 0.1) is 5.69 Å².